The highest BCUT2D eigenvalue weighted by molar-refractivity contribution is 7.54. The summed E-state index contributed by atoms with van der Waals surface area (Å²) in [7, 11) is 0. The largest absolute Gasteiger partial charge is 0.450 e. The predicted molar refractivity (Wildman–Crippen MR) is 33.3 cm³/mol. The van der Waals surface area contributed by atoms with Gasteiger partial charge in [-0.3, -0.25) is 0 Å². The Kier molecular flexibility index (Phi) is 9.37. The van der Waals surface area contributed by atoms with Crippen LogP contribution in [0.1, 0.15) is 0 Å². The Hall–Kier alpha value is 1.000. The van der Waals surface area contributed by atoms with Crippen LogP contribution >= 0.6 is 34.4 Å². The summed E-state index contributed by atoms with van der Waals surface area (Å²) in [6.07, 6.45) is 0. The molecule has 0 nitrogen and oxygen atoms in total. The van der Waals surface area contributed by atoms with Gasteiger partial charge in [-0.15, -0.1) is 0 Å². The molecule has 0 unspecified atom stereocenters. The molecule has 0 rings (SSSR count). The zero-order valence-corrected chi connectivity index (χ0v) is 3.98. The first-order valence-electron chi connectivity index (χ1n) is 0.655. The van der Waals surface area contributed by atoms with Gasteiger partial charge in [-0.05, 0) is 0 Å². The summed E-state index contributed by atoms with van der Waals surface area (Å²) in [4.78, 5) is -0.750. The molecule has 0 spiro atoms. The molecule has 0 saturated carbocycles. The topological polar surface area (TPSA) is 0 Å². The smallest absolute Gasteiger partial charge is 0.150 e. The summed E-state index contributed by atoms with van der Waals surface area (Å²) in [5.41, 5.74) is 0. The second-order valence-corrected chi connectivity index (χ2v) is 2.23. The summed E-state index contributed by atoms with van der Waals surface area (Å²) < 4.78 is 0. The van der Waals surface area contributed by atoms with Crippen LogP contribution in [0.4, 0.5) is 0 Å². The first kappa shape index (κ1) is 9.37. The fourth-order valence-electron chi connectivity index (χ4n) is 0. The molecule has 0 aliphatic rings. The van der Waals surface area contributed by atoms with Gasteiger partial charge in [0, 0.05) is 0 Å². The molecule has 0 aromatic rings. The van der Waals surface area contributed by atoms with Crippen LogP contribution in [0.3, 0.4) is 0 Å². The minimum Gasteiger partial charge on any atom is -0.150 e. The number of hydrogen-bond donors (Lipinski definition) is 0. The van der Waals surface area contributed by atoms with Crippen molar-refractivity contribution in [2.45, 2.75) is 0 Å². The van der Waals surface area contributed by atoms with E-state index in [9.17, 15) is 0 Å². The molecule has 5 heteroatoms. The van der Waals surface area contributed by atoms with Crippen LogP contribution in [0.15, 0.2) is 0 Å². The van der Waals surface area contributed by atoms with Crippen molar-refractivity contribution in [3.63, 3.8) is 0 Å². The Balaban J connectivity index is 0. The molecule has 0 heterocycles. The Morgan fingerprint density at radius 3 is 1.00 bits per heavy atom. The third kappa shape index (κ3) is 45.0. The van der Waals surface area contributed by atoms with Crippen molar-refractivity contribution in [2.24, 2.45) is 0 Å². The monoisotopic (exact) mass is 130 g/mol. The maximum Gasteiger partial charge on any atom is 0.450 e. The Bertz CT molecular complexity index is 9.61. The van der Waals surface area contributed by atoms with E-state index in [0.29, 0.717) is 0 Å². The van der Waals surface area contributed by atoms with Gasteiger partial charge in [0.1, 0.15) is 0 Å². The van der Waals surface area contributed by atoms with Crippen molar-refractivity contribution in [3.8, 4) is 0 Å². The summed E-state index contributed by atoms with van der Waals surface area (Å²) in [6.45, 7) is 0. The third-order valence-corrected chi connectivity index (χ3v) is 0. The lowest BCUT2D eigenvalue weighted by atomic mass is 10.7. The SMILES string of the molecule is B.ClB(Cl)Cl. The van der Waals surface area contributed by atoms with E-state index in [-0.39, 0.29) is 8.41 Å². The van der Waals surface area contributed by atoms with Gasteiger partial charge in [-0.2, -0.15) is 34.4 Å². The molecule has 30 valence electrons. The van der Waals surface area contributed by atoms with E-state index in [1.165, 1.54) is 0 Å². The standard InChI is InChI=1S/BCl3.BH3/c2-1(3)4;/h;1H3. The van der Waals surface area contributed by atoms with Gasteiger partial charge in [0.15, 0.2) is 0 Å². The van der Waals surface area contributed by atoms with Gasteiger partial charge >= 0.3 is 4.96 Å². The van der Waals surface area contributed by atoms with Crippen molar-refractivity contribution in [1.29, 1.82) is 0 Å². The molecule has 0 atom stereocenters. The molecule has 0 amide bonds. The normalized spacial score (nSPS) is 5.40. The minimum atomic E-state index is -0.750. The molecular formula is H3B2Cl3. The molecule has 0 N–H and O–H groups in total. The van der Waals surface area contributed by atoms with Crippen molar-refractivity contribution < 1.29 is 0 Å². The van der Waals surface area contributed by atoms with Gasteiger partial charge < -0.3 is 0 Å². The molecule has 0 aromatic heterocycles. The van der Waals surface area contributed by atoms with E-state index in [1.807, 2.05) is 0 Å². The maximum absolute atomic E-state index is 4.81. The highest BCUT2D eigenvalue weighted by Crippen LogP contribution is 1.97. The van der Waals surface area contributed by atoms with Crippen molar-refractivity contribution in [3.05, 3.63) is 0 Å². The van der Waals surface area contributed by atoms with Crippen LogP contribution in [-0.2, 0) is 0 Å². The second kappa shape index (κ2) is 5.00. The van der Waals surface area contributed by atoms with Crippen LogP contribution in [0, 0.1) is 0 Å². The second-order valence-electron chi connectivity index (χ2n) is 0.247. The third-order valence-electron chi connectivity index (χ3n) is 0. The Labute approximate surface area is 48.2 Å². The van der Waals surface area contributed by atoms with E-state index in [1.54, 1.807) is 0 Å². The van der Waals surface area contributed by atoms with Crippen LogP contribution in [0.5, 0.6) is 0 Å². The fraction of sp³-hybridized carbons (Fsp3) is 0. The van der Waals surface area contributed by atoms with Crippen molar-refractivity contribution in [1.82, 2.24) is 0 Å². The highest BCUT2D eigenvalue weighted by Gasteiger charge is 1.91. The first-order valence-corrected chi connectivity index (χ1v) is 1.96. The quantitative estimate of drug-likeness (QED) is 0.420. The lowest BCUT2D eigenvalue weighted by molar-refractivity contribution is 4.07. The van der Waals surface area contributed by atoms with E-state index in [0.717, 1.165) is 0 Å². The summed E-state index contributed by atoms with van der Waals surface area (Å²) >= 11 is 14.4. The van der Waals surface area contributed by atoms with E-state index in [4.69, 9.17) is 34.4 Å². The average molecular weight is 131 g/mol. The van der Waals surface area contributed by atoms with Gasteiger partial charge in [0.25, 0.3) is 0 Å². The predicted octanol–water partition coefficient (Wildman–Crippen LogP) is 0.504. The molecule has 0 aliphatic heterocycles. The summed E-state index contributed by atoms with van der Waals surface area (Å²) in [5.74, 6) is 0. The van der Waals surface area contributed by atoms with Crippen LogP contribution in [0.25, 0.3) is 0 Å². The van der Waals surface area contributed by atoms with E-state index < -0.39 is 4.96 Å². The van der Waals surface area contributed by atoms with Crippen LogP contribution in [0.2, 0.25) is 0 Å². The van der Waals surface area contributed by atoms with E-state index in [2.05, 4.69) is 0 Å². The zero-order valence-electron chi connectivity index (χ0n) is 1.71. The van der Waals surface area contributed by atoms with Gasteiger partial charge in [-0.1, -0.05) is 0 Å². The van der Waals surface area contributed by atoms with Gasteiger partial charge in [0.05, 0.1) is 8.41 Å². The molecule has 0 saturated heterocycles. The number of hydrogen-bond acceptors (Lipinski definition) is 0. The summed E-state index contributed by atoms with van der Waals surface area (Å²) in [6, 6.07) is 0. The van der Waals surface area contributed by atoms with Crippen LogP contribution in [-0.4, -0.2) is 13.4 Å². The number of rotatable bonds is 0. The molecule has 0 radical (unpaired) electrons. The lowest BCUT2D eigenvalue weighted by Crippen LogP contribution is -1.66. The first-order chi connectivity index (χ1) is 1.73. The average Bonchev–Trinajstić information content (AvgIpc) is 0.811. The highest BCUT2D eigenvalue weighted by atomic mass is 35.6. The van der Waals surface area contributed by atoms with Gasteiger partial charge in [-0.25, -0.2) is 0 Å². The summed E-state index contributed by atoms with van der Waals surface area (Å²) in [5, 5.41) is 0. The molecule has 0 aliphatic carbocycles. The Morgan fingerprint density at radius 1 is 1.00 bits per heavy atom. The van der Waals surface area contributed by atoms with Crippen LogP contribution < -0.4 is 0 Å². The molecule has 0 bridgehead atoms. The fourth-order valence-corrected chi connectivity index (χ4v) is 0. The molecule has 5 heavy (non-hydrogen) atoms. The van der Waals surface area contributed by atoms with Gasteiger partial charge in [0.2, 0.25) is 0 Å². The Morgan fingerprint density at radius 2 is 1.00 bits per heavy atom. The zero-order chi connectivity index (χ0) is 3.58. The van der Waals surface area contributed by atoms with E-state index >= 15 is 0 Å². The molecule has 0 fully saturated rings. The lowest BCUT2D eigenvalue weighted by Gasteiger charge is -1.61. The van der Waals surface area contributed by atoms with Crippen molar-refractivity contribution >= 4 is 47.8 Å². The molecule has 0 aromatic carbocycles. The maximum atomic E-state index is 4.81. The number of halogens is 3. The minimum absolute atomic E-state index is 0. The van der Waals surface area contributed by atoms with Crippen molar-refractivity contribution in [2.75, 3.05) is 0 Å². The molecular weight excluding hydrogens is 128 g/mol.